The number of hydrogen-bond donors (Lipinski definition) is 1. The predicted octanol–water partition coefficient (Wildman–Crippen LogP) is 2.30. The number of nitrogens with zero attached hydrogens (tertiary/aromatic N) is 6. The van der Waals surface area contributed by atoms with E-state index in [0.717, 1.165) is 10.8 Å². The van der Waals surface area contributed by atoms with Gasteiger partial charge in [-0.2, -0.15) is 4.98 Å². The summed E-state index contributed by atoms with van der Waals surface area (Å²) >= 11 is 0. The number of ether oxygens (including phenoxy) is 1. The molecule has 0 saturated carbocycles. The number of carbonyl (C=O) groups excluding carboxylic acids is 1. The van der Waals surface area contributed by atoms with Crippen molar-refractivity contribution in [2.45, 2.75) is 23.8 Å². The highest BCUT2D eigenvalue weighted by molar-refractivity contribution is 7.90. The maximum absolute atomic E-state index is 16.0. The fourth-order valence-corrected chi connectivity index (χ4v) is 6.64. The molecule has 0 spiro atoms. The largest absolute Gasteiger partial charge is 0.383 e. The minimum atomic E-state index is -3.86. The van der Waals surface area contributed by atoms with Gasteiger partial charge in [0.2, 0.25) is 5.91 Å². The second-order valence-electron chi connectivity index (χ2n) is 10.9. The van der Waals surface area contributed by atoms with Gasteiger partial charge in [-0.05, 0) is 42.8 Å². The van der Waals surface area contributed by atoms with Crippen molar-refractivity contribution in [3.63, 3.8) is 0 Å². The number of halogens is 1. The van der Waals surface area contributed by atoms with Gasteiger partial charge >= 0.3 is 5.69 Å². The number of aromatic nitrogens is 4. The van der Waals surface area contributed by atoms with Gasteiger partial charge < -0.3 is 20.3 Å². The third-order valence-corrected chi connectivity index (χ3v) is 9.14. The lowest BCUT2D eigenvalue weighted by Gasteiger charge is -2.40. The lowest BCUT2D eigenvalue weighted by molar-refractivity contribution is -0.126. The Morgan fingerprint density at radius 2 is 1.95 bits per heavy atom. The standard InChI is InChI=1S/C30H30FN7O5S/c1-4-24(39)36-11-12-37(17(2)14-36)28-21-13-22(31)25(20-8-6-10-33-27(20)32)34-29(21)38(30(40)35-28)26-19(18-15-43-16-18)7-5-9-23(26)44(3,41)42/h4-10,13,17-18H,1,11-12,14-16H2,2-3H3,(H2,32,33)/t17-/m0/s1. The van der Waals surface area contributed by atoms with E-state index in [4.69, 9.17) is 10.5 Å². The number of para-hydroxylation sites is 1. The van der Waals surface area contributed by atoms with Crippen LogP contribution in [0.3, 0.4) is 0 Å². The lowest BCUT2D eigenvalue weighted by Crippen LogP contribution is -2.54. The highest BCUT2D eigenvalue weighted by Gasteiger charge is 2.33. The summed E-state index contributed by atoms with van der Waals surface area (Å²) in [7, 11) is -3.86. The fraction of sp³-hybridized carbons (Fsp3) is 0.300. The minimum Gasteiger partial charge on any atom is -0.383 e. The smallest absolute Gasteiger partial charge is 0.355 e. The quantitative estimate of drug-likeness (QED) is 0.318. The van der Waals surface area contributed by atoms with Gasteiger partial charge in [-0.25, -0.2) is 32.1 Å². The lowest BCUT2D eigenvalue weighted by atomic mass is 9.95. The third kappa shape index (κ3) is 4.99. The van der Waals surface area contributed by atoms with Crippen molar-refractivity contribution >= 4 is 38.4 Å². The van der Waals surface area contributed by atoms with Crippen LogP contribution < -0.4 is 16.3 Å². The Hall–Kier alpha value is -4.69. The Balaban J connectivity index is 1.67. The van der Waals surface area contributed by atoms with Gasteiger partial charge in [0.05, 0.1) is 29.2 Å². The Morgan fingerprint density at radius 3 is 2.59 bits per heavy atom. The first-order valence-electron chi connectivity index (χ1n) is 13.9. The molecule has 1 atom stereocenters. The molecule has 6 rings (SSSR count). The molecule has 2 fully saturated rings. The van der Waals surface area contributed by atoms with E-state index in [2.05, 4.69) is 21.5 Å². The summed E-state index contributed by atoms with van der Waals surface area (Å²) in [6, 6.07) is 8.84. The van der Waals surface area contributed by atoms with Crippen molar-refractivity contribution in [3.8, 4) is 16.9 Å². The average molecular weight is 620 g/mol. The summed E-state index contributed by atoms with van der Waals surface area (Å²) in [4.78, 5) is 42.9. The maximum atomic E-state index is 16.0. The van der Waals surface area contributed by atoms with Gasteiger partial charge in [0.25, 0.3) is 0 Å². The van der Waals surface area contributed by atoms with Crippen LogP contribution in [-0.2, 0) is 19.4 Å². The molecule has 0 unspecified atom stereocenters. The molecule has 12 nitrogen and oxygen atoms in total. The molecule has 0 bridgehead atoms. The number of nitrogen functional groups attached to an aromatic ring is 1. The molecule has 1 amide bonds. The molecular weight excluding hydrogens is 589 g/mol. The van der Waals surface area contributed by atoms with E-state index in [-0.39, 0.29) is 62.4 Å². The molecule has 5 heterocycles. The van der Waals surface area contributed by atoms with E-state index >= 15 is 4.39 Å². The summed E-state index contributed by atoms with van der Waals surface area (Å²) < 4.78 is 48.7. The molecular formula is C30H30FN7O5S. The van der Waals surface area contributed by atoms with Crippen molar-refractivity contribution in [2.24, 2.45) is 0 Å². The van der Waals surface area contributed by atoms with Gasteiger partial charge in [-0.1, -0.05) is 18.7 Å². The van der Waals surface area contributed by atoms with E-state index in [0.29, 0.717) is 38.4 Å². The van der Waals surface area contributed by atoms with Gasteiger partial charge in [-0.3, -0.25) is 4.79 Å². The molecule has 2 saturated heterocycles. The second-order valence-corrected chi connectivity index (χ2v) is 12.9. The van der Waals surface area contributed by atoms with Crippen LogP contribution in [0.4, 0.5) is 16.0 Å². The van der Waals surface area contributed by atoms with Gasteiger partial charge in [0.15, 0.2) is 21.3 Å². The number of nitrogens with two attached hydrogens (primary N) is 1. The molecule has 228 valence electrons. The number of benzene rings is 1. The monoisotopic (exact) mass is 619 g/mol. The average Bonchev–Trinajstić information content (AvgIpc) is 2.95. The molecule has 2 N–H and O–H groups in total. The number of sulfone groups is 1. The van der Waals surface area contributed by atoms with Gasteiger partial charge in [-0.15, -0.1) is 0 Å². The first-order chi connectivity index (χ1) is 21.0. The number of carbonyl (C=O) groups is 1. The van der Waals surface area contributed by atoms with Crippen molar-refractivity contribution in [2.75, 3.05) is 49.7 Å². The van der Waals surface area contributed by atoms with Crippen LogP contribution in [0.1, 0.15) is 18.4 Å². The minimum absolute atomic E-state index is 0.00552. The SMILES string of the molecule is C=CC(=O)N1CCN(c2nc(=O)n(-c3c(C4COC4)cccc3S(C)(=O)=O)c3nc(-c4cccnc4N)c(F)cc23)[C@@H](C)C1. The van der Waals surface area contributed by atoms with Crippen LogP contribution in [0.15, 0.2) is 64.9 Å². The molecule has 44 heavy (non-hydrogen) atoms. The van der Waals surface area contributed by atoms with E-state index < -0.39 is 21.3 Å². The Kier molecular flexibility index (Phi) is 7.41. The second kappa shape index (κ2) is 11.1. The zero-order chi connectivity index (χ0) is 31.3. The summed E-state index contributed by atoms with van der Waals surface area (Å²) in [5.41, 5.74) is 5.99. The first-order valence-corrected chi connectivity index (χ1v) is 15.8. The van der Waals surface area contributed by atoms with Gasteiger partial charge in [0, 0.05) is 49.6 Å². The molecule has 0 radical (unpaired) electrons. The zero-order valence-corrected chi connectivity index (χ0v) is 24.9. The summed E-state index contributed by atoms with van der Waals surface area (Å²) in [5.74, 6) is -0.940. The number of piperazine rings is 1. The van der Waals surface area contributed by atoms with Crippen LogP contribution in [-0.4, -0.2) is 83.9 Å². The number of anilines is 2. The number of rotatable bonds is 6. The van der Waals surface area contributed by atoms with Crippen LogP contribution in [0.5, 0.6) is 0 Å². The number of amides is 1. The van der Waals surface area contributed by atoms with E-state index in [9.17, 15) is 18.0 Å². The van der Waals surface area contributed by atoms with E-state index in [1.807, 2.05) is 11.8 Å². The van der Waals surface area contributed by atoms with Crippen molar-refractivity contribution in [3.05, 3.63) is 77.1 Å². The van der Waals surface area contributed by atoms with Crippen molar-refractivity contribution in [1.82, 2.24) is 24.4 Å². The van der Waals surface area contributed by atoms with Crippen molar-refractivity contribution < 1.29 is 22.3 Å². The molecule has 14 heteroatoms. The molecule has 0 aliphatic carbocycles. The summed E-state index contributed by atoms with van der Waals surface area (Å²) in [5, 5.41) is 0.183. The van der Waals surface area contributed by atoms with Crippen LogP contribution in [0.2, 0.25) is 0 Å². The number of pyridine rings is 2. The number of fused-ring (bicyclic) bond motifs is 1. The van der Waals surface area contributed by atoms with Crippen LogP contribution >= 0.6 is 0 Å². The fourth-order valence-electron chi connectivity index (χ4n) is 5.76. The van der Waals surface area contributed by atoms with Gasteiger partial charge in [0.1, 0.15) is 17.3 Å². The predicted molar refractivity (Wildman–Crippen MR) is 163 cm³/mol. The molecule has 4 aromatic rings. The maximum Gasteiger partial charge on any atom is 0.355 e. The topological polar surface area (TPSA) is 154 Å². The highest BCUT2D eigenvalue weighted by Crippen LogP contribution is 2.37. The molecule has 2 aliphatic heterocycles. The zero-order valence-electron chi connectivity index (χ0n) is 24.1. The molecule has 2 aliphatic rings. The summed E-state index contributed by atoms with van der Waals surface area (Å²) in [6.07, 6.45) is 3.76. The highest BCUT2D eigenvalue weighted by atomic mass is 32.2. The molecule has 1 aromatic carbocycles. The van der Waals surface area contributed by atoms with Crippen LogP contribution in [0, 0.1) is 5.82 Å². The first kappa shape index (κ1) is 29.4. The number of hydrogen-bond acceptors (Lipinski definition) is 10. The normalized spacial score (nSPS) is 17.5. The Labute approximate surface area is 252 Å². The van der Waals surface area contributed by atoms with E-state index in [1.54, 1.807) is 29.2 Å². The van der Waals surface area contributed by atoms with Crippen LogP contribution in [0.25, 0.3) is 28.0 Å². The Morgan fingerprint density at radius 1 is 1.18 bits per heavy atom. The van der Waals surface area contributed by atoms with E-state index in [1.165, 1.54) is 24.4 Å². The Bertz CT molecular complexity index is 1990. The third-order valence-electron chi connectivity index (χ3n) is 8.01. The summed E-state index contributed by atoms with van der Waals surface area (Å²) in [6.45, 7) is 7.04. The molecule has 3 aromatic heterocycles. The van der Waals surface area contributed by atoms with Crippen molar-refractivity contribution in [1.29, 1.82) is 0 Å².